The van der Waals surface area contributed by atoms with Crippen molar-refractivity contribution in [3.8, 4) is 0 Å². The zero-order valence-corrected chi connectivity index (χ0v) is 13.3. The van der Waals surface area contributed by atoms with Gasteiger partial charge in [-0.1, -0.05) is 51.1 Å². The van der Waals surface area contributed by atoms with E-state index in [-0.39, 0.29) is 5.78 Å². The van der Waals surface area contributed by atoms with Crippen LogP contribution in [0.15, 0.2) is 30.3 Å². The molecule has 3 heteroatoms. The highest BCUT2D eigenvalue weighted by atomic mass is 16.3. The number of ketones is 1. The molecule has 3 nitrogen and oxygen atoms in total. The first-order valence-electron chi connectivity index (χ1n) is 7.20. The minimum atomic E-state index is -0.748. The van der Waals surface area contributed by atoms with Crippen LogP contribution in [-0.4, -0.2) is 41.0 Å². The fourth-order valence-electron chi connectivity index (χ4n) is 2.44. The lowest BCUT2D eigenvalue weighted by molar-refractivity contribution is 0.0253. The molecule has 0 aromatic heterocycles. The van der Waals surface area contributed by atoms with Crippen molar-refractivity contribution in [1.29, 1.82) is 0 Å². The molecule has 0 unspecified atom stereocenters. The number of hydrogen-bond donors (Lipinski definition) is 1. The molecule has 1 aromatic rings. The smallest absolute Gasteiger partial charge is 0.169 e. The van der Waals surface area contributed by atoms with Crippen molar-refractivity contribution in [2.45, 2.75) is 40.2 Å². The molecule has 0 amide bonds. The van der Waals surface area contributed by atoms with Crippen molar-refractivity contribution in [3.63, 3.8) is 0 Å². The van der Waals surface area contributed by atoms with Crippen molar-refractivity contribution in [3.05, 3.63) is 35.9 Å². The van der Waals surface area contributed by atoms with Gasteiger partial charge < -0.3 is 5.11 Å². The Morgan fingerprint density at radius 1 is 1.10 bits per heavy atom. The van der Waals surface area contributed by atoms with Gasteiger partial charge in [0.15, 0.2) is 5.78 Å². The Morgan fingerprint density at radius 3 is 2.10 bits per heavy atom. The van der Waals surface area contributed by atoms with Gasteiger partial charge in [-0.05, 0) is 20.4 Å². The largest absolute Gasteiger partial charge is 0.389 e. The number of aliphatic hydroxyl groups is 1. The van der Waals surface area contributed by atoms with Crippen LogP contribution in [0.2, 0.25) is 0 Å². The Kier molecular flexibility index (Phi) is 5.49. The summed E-state index contributed by atoms with van der Waals surface area (Å²) in [5.41, 5.74) is -0.471. The van der Waals surface area contributed by atoms with Crippen molar-refractivity contribution < 1.29 is 9.90 Å². The van der Waals surface area contributed by atoms with Gasteiger partial charge in [0, 0.05) is 24.1 Å². The molecule has 0 aliphatic rings. The van der Waals surface area contributed by atoms with Gasteiger partial charge in [0.05, 0.1) is 5.60 Å². The summed E-state index contributed by atoms with van der Waals surface area (Å²) in [6.07, 6.45) is 0. The van der Waals surface area contributed by atoms with Crippen molar-refractivity contribution in [1.82, 2.24) is 4.90 Å². The Bertz CT molecular complexity index is 432. The summed E-state index contributed by atoms with van der Waals surface area (Å²) in [5.74, 6) is 0.146. The SMILES string of the molecule is CCN(CC(C)(C)O)CC(C)(C)C(=O)c1ccccc1. The highest BCUT2D eigenvalue weighted by Crippen LogP contribution is 2.24. The highest BCUT2D eigenvalue weighted by molar-refractivity contribution is 6.00. The van der Waals surface area contributed by atoms with Crippen LogP contribution in [-0.2, 0) is 0 Å². The molecule has 0 fully saturated rings. The van der Waals surface area contributed by atoms with E-state index >= 15 is 0 Å². The van der Waals surface area contributed by atoms with Crippen molar-refractivity contribution >= 4 is 5.78 Å². The van der Waals surface area contributed by atoms with E-state index in [1.165, 1.54) is 0 Å². The molecule has 0 aliphatic heterocycles. The second-order valence-corrected chi connectivity index (χ2v) is 6.69. The van der Waals surface area contributed by atoms with E-state index in [1.54, 1.807) is 13.8 Å². The minimum absolute atomic E-state index is 0.146. The number of benzene rings is 1. The van der Waals surface area contributed by atoms with E-state index in [1.807, 2.05) is 44.2 Å². The quantitative estimate of drug-likeness (QED) is 0.779. The lowest BCUT2D eigenvalue weighted by Crippen LogP contribution is -2.45. The van der Waals surface area contributed by atoms with E-state index in [0.29, 0.717) is 13.1 Å². The molecule has 1 N–H and O–H groups in total. The molecule has 0 saturated carbocycles. The summed E-state index contributed by atoms with van der Waals surface area (Å²) >= 11 is 0. The minimum Gasteiger partial charge on any atom is -0.389 e. The fraction of sp³-hybridized carbons (Fsp3) is 0.588. The van der Waals surface area contributed by atoms with Crippen LogP contribution >= 0.6 is 0 Å². The lowest BCUT2D eigenvalue weighted by Gasteiger charge is -2.34. The molecule has 0 atom stereocenters. The van der Waals surface area contributed by atoms with Crippen LogP contribution in [0.4, 0.5) is 0 Å². The van der Waals surface area contributed by atoms with Crippen LogP contribution in [0.1, 0.15) is 45.0 Å². The van der Waals surface area contributed by atoms with Crippen LogP contribution in [0.3, 0.4) is 0 Å². The summed E-state index contributed by atoms with van der Waals surface area (Å²) in [7, 11) is 0. The van der Waals surface area contributed by atoms with Gasteiger partial charge in [0.1, 0.15) is 0 Å². The second kappa shape index (κ2) is 6.51. The molecule has 0 saturated heterocycles. The molecule has 0 radical (unpaired) electrons. The van der Waals surface area contributed by atoms with Gasteiger partial charge >= 0.3 is 0 Å². The van der Waals surface area contributed by atoms with E-state index in [2.05, 4.69) is 11.8 Å². The Hall–Kier alpha value is -1.19. The average Bonchev–Trinajstić information content (AvgIpc) is 2.36. The van der Waals surface area contributed by atoms with Gasteiger partial charge in [-0.2, -0.15) is 0 Å². The highest BCUT2D eigenvalue weighted by Gasteiger charge is 2.31. The number of hydrogen-bond acceptors (Lipinski definition) is 3. The average molecular weight is 277 g/mol. The Morgan fingerprint density at radius 2 is 1.65 bits per heavy atom. The third-order valence-corrected chi connectivity index (χ3v) is 3.33. The first-order chi connectivity index (χ1) is 9.15. The van der Waals surface area contributed by atoms with Gasteiger partial charge in [0.25, 0.3) is 0 Å². The molecular formula is C17H27NO2. The number of Topliss-reactive ketones (excluding diaryl/α,β-unsaturated/α-hetero) is 1. The molecule has 1 aromatic carbocycles. The van der Waals surface area contributed by atoms with Crippen LogP contribution < -0.4 is 0 Å². The van der Waals surface area contributed by atoms with Crippen LogP contribution in [0.25, 0.3) is 0 Å². The lowest BCUT2D eigenvalue weighted by atomic mass is 9.83. The molecule has 0 aliphatic carbocycles. The van der Waals surface area contributed by atoms with Gasteiger partial charge in [-0.15, -0.1) is 0 Å². The first-order valence-corrected chi connectivity index (χ1v) is 7.20. The van der Waals surface area contributed by atoms with Crippen molar-refractivity contribution in [2.24, 2.45) is 5.41 Å². The number of nitrogens with zero attached hydrogens (tertiary/aromatic N) is 1. The maximum absolute atomic E-state index is 12.6. The van der Waals surface area contributed by atoms with E-state index in [4.69, 9.17) is 0 Å². The first kappa shape index (κ1) is 16.9. The Labute approximate surface area is 122 Å². The summed E-state index contributed by atoms with van der Waals surface area (Å²) in [5, 5.41) is 9.95. The standard InChI is InChI=1S/C17H27NO2/c1-6-18(13-17(4,5)20)12-16(2,3)15(19)14-10-8-7-9-11-14/h7-11,20H,6,12-13H2,1-5H3. The number of likely N-dealkylation sites (N-methyl/N-ethyl adjacent to an activating group) is 1. The molecular weight excluding hydrogens is 250 g/mol. The second-order valence-electron chi connectivity index (χ2n) is 6.69. The van der Waals surface area contributed by atoms with E-state index < -0.39 is 11.0 Å². The monoisotopic (exact) mass is 277 g/mol. The molecule has 20 heavy (non-hydrogen) atoms. The van der Waals surface area contributed by atoms with E-state index in [0.717, 1.165) is 12.1 Å². The third-order valence-electron chi connectivity index (χ3n) is 3.33. The maximum atomic E-state index is 12.6. The summed E-state index contributed by atoms with van der Waals surface area (Å²) in [6.45, 7) is 11.6. The molecule has 0 bridgehead atoms. The molecule has 0 heterocycles. The fourth-order valence-corrected chi connectivity index (χ4v) is 2.44. The zero-order valence-electron chi connectivity index (χ0n) is 13.3. The van der Waals surface area contributed by atoms with Gasteiger partial charge in [0.2, 0.25) is 0 Å². The van der Waals surface area contributed by atoms with E-state index in [9.17, 15) is 9.90 Å². The van der Waals surface area contributed by atoms with Crippen LogP contribution in [0.5, 0.6) is 0 Å². The van der Waals surface area contributed by atoms with Gasteiger partial charge in [-0.3, -0.25) is 9.69 Å². The summed E-state index contributed by atoms with van der Waals surface area (Å²) in [4.78, 5) is 14.7. The van der Waals surface area contributed by atoms with Crippen LogP contribution in [0, 0.1) is 5.41 Å². The summed E-state index contributed by atoms with van der Waals surface area (Å²) in [6, 6.07) is 9.40. The third kappa shape index (κ3) is 5.06. The number of carbonyl (C=O) groups is 1. The molecule has 0 spiro atoms. The van der Waals surface area contributed by atoms with Gasteiger partial charge in [-0.25, -0.2) is 0 Å². The maximum Gasteiger partial charge on any atom is 0.169 e. The number of carbonyl (C=O) groups excluding carboxylic acids is 1. The molecule has 1 rings (SSSR count). The molecule has 112 valence electrons. The normalized spacial score (nSPS) is 12.8. The predicted octanol–water partition coefficient (Wildman–Crippen LogP) is 2.99. The van der Waals surface area contributed by atoms with Crippen molar-refractivity contribution in [2.75, 3.05) is 19.6 Å². The Balaban J connectivity index is 2.80. The zero-order chi connectivity index (χ0) is 15.4. The number of rotatable bonds is 7. The predicted molar refractivity (Wildman–Crippen MR) is 83.0 cm³/mol. The summed E-state index contributed by atoms with van der Waals surface area (Å²) < 4.78 is 0. The topological polar surface area (TPSA) is 40.5 Å².